The van der Waals surface area contributed by atoms with Crippen molar-refractivity contribution in [1.82, 2.24) is 20.2 Å². The summed E-state index contributed by atoms with van der Waals surface area (Å²) in [4.78, 5) is 8.86. The third kappa shape index (κ3) is 5.85. The normalized spacial score (nSPS) is 11.1. The van der Waals surface area contributed by atoms with Crippen molar-refractivity contribution in [2.24, 2.45) is 4.99 Å². The van der Waals surface area contributed by atoms with Crippen LogP contribution in [0.3, 0.4) is 0 Å². The number of hydrogen-bond acceptors (Lipinski definition) is 3. The van der Waals surface area contributed by atoms with Gasteiger partial charge in [-0.3, -0.25) is 0 Å². The summed E-state index contributed by atoms with van der Waals surface area (Å²) < 4.78 is 7.58. The Morgan fingerprint density at radius 1 is 1.14 bits per heavy atom. The SMILES string of the molecule is CCNC(=NCc1cccnc1OC)NCCCn1ccc2ccccc21.I. The minimum atomic E-state index is 0. The Morgan fingerprint density at radius 2 is 2.00 bits per heavy atom. The predicted octanol–water partition coefficient (Wildman–Crippen LogP) is 3.81. The van der Waals surface area contributed by atoms with Crippen LogP contribution in [0.2, 0.25) is 0 Å². The first kappa shape index (κ1) is 22.0. The Morgan fingerprint density at radius 3 is 2.82 bits per heavy atom. The molecule has 0 aliphatic heterocycles. The van der Waals surface area contributed by atoms with Gasteiger partial charge in [0.15, 0.2) is 5.96 Å². The third-order valence-electron chi connectivity index (χ3n) is 4.34. The van der Waals surface area contributed by atoms with Gasteiger partial charge in [0, 0.05) is 43.1 Å². The van der Waals surface area contributed by atoms with Gasteiger partial charge in [-0.15, -0.1) is 24.0 Å². The number of nitrogens with zero attached hydrogens (tertiary/aromatic N) is 3. The Kier molecular flexibility index (Phi) is 9.06. The van der Waals surface area contributed by atoms with Crippen molar-refractivity contribution >= 4 is 40.8 Å². The number of fused-ring (bicyclic) bond motifs is 1. The number of para-hydroxylation sites is 1. The van der Waals surface area contributed by atoms with Crippen molar-refractivity contribution in [2.75, 3.05) is 20.2 Å². The van der Waals surface area contributed by atoms with Crippen LogP contribution >= 0.6 is 24.0 Å². The van der Waals surface area contributed by atoms with Gasteiger partial charge in [-0.1, -0.05) is 24.3 Å². The fourth-order valence-electron chi connectivity index (χ4n) is 3.03. The quantitative estimate of drug-likeness (QED) is 0.217. The standard InChI is InChI=1S/C21H27N5O.HI/c1-3-22-21(25-16-18-9-6-12-23-20(18)27-2)24-13-7-14-26-15-11-17-8-4-5-10-19(17)26;/h4-6,8-12,15H,3,7,13-14,16H2,1-2H3,(H2,22,24,25);1H. The Bertz CT molecular complexity index is 893. The zero-order valence-electron chi connectivity index (χ0n) is 16.4. The molecule has 7 heteroatoms. The van der Waals surface area contributed by atoms with Crippen molar-refractivity contribution in [3.05, 3.63) is 60.4 Å². The molecular weight excluding hydrogens is 465 g/mol. The third-order valence-corrected chi connectivity index (χ3v) is 4.34. The lowest BCUT2D eigenvalue weighted by atomic mass is 10.2. The molecule has 150 valence electrons. The van der Waals surface area contributed by atoms with E-state index in [9.17, 15) is 0 Å². The van der Waals surface area contributed by atoms with Gasteiger partial charge in [0.05, 0.1) is 13.7 Å². The topological polar surface area (TPSA) is 63.5 Å². The number of methoxy groups -OCH3 is 1. The average molecular weight is 493 g/mol. The highest BCUT2D eigenvalue weighted by Crippen LogP contribution is 2.15. The molecule has 0 saturated carbocycles. The van der Waals surface area contributed by atoms with Gasteiger partial charge in [-0.05, 0) is 36.9 Å². The molecule has 0 atom stereocenters. The fourth-order valence-corrected chi connectivity index (χ4v) is 3.03. The maximum Gasteiger partial charge on any atom is 0.218 e. The maximum absolute atomic E-state index is 5.29. The van der Waals surface area contributed by atoms with Gasteiger partial charge in [-0.25, -0.2) is 9.98 Å². The molecule has 0 radical (unpaired) electrons. The lowest BCUT2D eigenvalue weighted by Gasteiger charge is -2.12. The summed E-state index contributed by atoms with van der Waals surface area (Å²) in [6.45, 7) is 5.22. The van der Waals surface area contributed by atoms with E-state index >= 15 is 0 Å². The van der Waals surface area contributed by atoms with Gasteiger partial charge in [-0.2, -0.15) is 0 Å². The minimum absolute atomic E-state index is 0. The van der Waals surface area contributed by atoms with Gasteiger partial charge < -0.3 is 19.9 Å². The van der Waals surface area contributed by atoms with E-state index in [0.717, 1.165) is 37.6 Å². The number of aryl methyl sites for hydroxylation is 1. The number of aliphatic imine (C=N–C) groups is 1. The summed E-state index contributed by atoms with van der Waals surface area (Å²) >= 11 is 0. The lowest BCUT2D eigenvalue weighted by Crippen LogP contribution is -2.38. The summed E-state index contributed by atoms with van der Waals surface area (Å²) in [6, 6.07) is 14.5. The number of pyridine rings is 1. The zero-order valence-corrected chi connectivity index (χ0v) is 18.7. The highest BCUT2D eigenvalue weighted by molar-refractivity contribution is 14.0. The highest BCUT2D eigenvalue weighted by atomic mass is 127. The maximum atomic E-state index is 5.29. The molecule has 0 spiro atoms. The van der Waals surface area contributed by atoms with Gasteiger partial charge in [0.2, 0.25) is 5.88 Å². The Balaban J connectivity index is 0.00000280. The van der Waals surface area contributed by atoms with Gasteiger partial charge >= 0.3 is 0 Å². The number of benzene rings is 1. The molecular formula is C21H28IN5O. The number of ether oxygens (including phenoxy) is 1. The van der Waals surface area contributed by atoms with E-state index in [2.05, 4.69) is 68.6 Å². The number of aromatic nitrogens is 2. The summed E-state index contributed by atoms with van der Waals surface area (Å²) in [5, 5.41) is 7.97. The van der Waals surface area contributed by atoms with Crippen LogP contribution in [0, 0.1) is 0 Å². The van der Waals surface area contributed by atoms with E-state index in [0.29, 0.717) is 12.4 Å². The van der Waals surface area contributed by atoms with Crippen LogP contribution in [0.1, 0.15) is 18.9 Å². The van der Waals surface area contributed by atoms with Gasteiger partial charge in [0.1, 0.15) is 0 Å². The first-order chi connectivity index (χ1) is 13.3. The molecule has 3 rings (SSSR count). The van der Waals surface area contributed by atoms with Crippen molar-refractivity contribution in [3.8, 4) is 5.88 Å². The van der Waals surface area contributed by atoms with Crippen molar-refractivity contribution < 1.29 is 4.74 Å². The molecule has 6 nitrogen and oxygen atoms in total. The predicted molar refractivity (Wildman–Crippen MR) is 126 cm³/mol. The van der Waals surface area contributed by atoms with Crippen LogP contribution in [-0.2, 0) is 13.1 Å². The van der Waals surface area contributed by atoms with E-state index in [-0.39, 0.29) is 24.0 Å². The molecule has 2 heterocycles. The van der Waals surface area contributed by atoms with Crippen LogP contribution in [-0.4, -0.2) is 35.7 Å². The smallest absolute Gasteiger partial charge is 0.218 e. The molecule has 1 aromatic carbocycles. The molecule has 0 fully saturated rings. The molecule has 3 aromatic rings. The molecule has 0 bridgehead atoms. The molecule has 0 aliphatic rings. The monoisotopic (exact) mass is 493 g/mol. The van der Waals surface area contributed by atoms with E-state index in [1.54, 1.807) is 13.3 Å². The number of guanidine groups is 1. The van der Waals surface area contributed by atoms with Crippen LogP contribution in [0.15, 0.2) is 59.9 Å². The van der Waals surface area contributed by atoms with Gasteiger partial charge in [0.25, 0.3) is 0 Å². The summed E-state index contributed by atoms with van der Waals surface area (Å²) in [7, 11) is 1.63. The Labute approximate surface area is 183 Å². The van der Waals surface area contributed by atoms with Crippen molar-refractivity contribution in [1.29, 1.82) is 0 Å². The molecule has 0 amide bonds. The number of halogens is 1. The molecule has 0 unspecified atom stereocenters. The summed E-state index contributed by atoms with van der Waals surface area (Å²) in [6.07, 6.45) is 4.89. The first-order valence-corrected chi connectivity index (χ1v) is 9.35. The van der Waals surface area contributed by atoms with E-state index < -0.39 is 0 Å². The second kappa shape index (κ2) is 11.5. The van der Waals surface area contributed by atoms with E-state index in [1.165, 1.54) is 10.9 Å². The van der Waals surface area contributed by atoms with Crippen LogP contribution in [0.4, 0.5) is 0 Å². The zero-order chi connectivity index (χ0) is 18.9. The first-order valence-electron chi connectivity index (χ1n) is 9.35. The van der Waals surface area contributed by atoms with Crippen LogP contribution in [0.25, 0.3) is 10.9 Å². The number of rotatable bonds is 8. The van der Waals surface area contributed by atoms with E-state index in [4.69, 9.17) is 4.74 Å². The highest BCUT2D eigenvalue weighted by Gasteiger charge is 2.04. The summed E-state index contributed by atoms with van der Waals surface area (Å²) in [5.41, 5.74) is 2.25. The number of nitrogens with one attached hydrogen (secondary N) is 2. The second-order valence-corrected chi connectivity index (χ2v) is 6.22. The largest absolute Gasteiger partial charge is 0.481 e. The van der Waals surface area contributed by atoms with Crippen LogP contribution < -0.4 is 15.4 Å². The summed E-state index contributed by atoms with van der Waals surface area (Å²) in [5.74, 6) is 1.43. The van der Waals surface area contributed by atoms with Crippen molar-refractivity contribution in [2.45, 2.75) is 26.4 Å². The van der Waals surface area contributed by atoms with E-state index in [1.807, 2.05) is 12.1 Å². The second-order valence-electron chi connectivity index (χ2n) is 6.22. The van der Waals surface area contributed by atoms with Crippen LogP contribution in [0.5, 0.6) is 5.88 Å². The fraction of sp³-hybridized carbons (Fsp3) is 0.333. The Hall–Kier alpha value is -2.29. The average Bonchev–Trinajstić information content (AvgIpc) is 3.12. The molecule has 28 heavy (non-hydrogen) atoms. The molecule has 2 N–H and O–H groups in total. The number of hydrogen-bond donors (Lipinski definition) is 2. The molecule has 2 aromatic heterocycles. The molecule has 0 aliphatic carbocycles. The van der Waals surface area contributed by atoms with Crippen molar-refractivity contribution in [3.63, 3.8) is 0 Å². The molecule has 0 saturated heterocycles. The lowest BCUT2D eigenvalue weighted by molar-refractivity contribution is 0.392. The minimum Gasteiger partial charge on any atom is -0.481 e.